The van der Waals surface area contributed by atoms with E-state index in [9.17, 15) is 13.2 Å². The molecule has 9 heteroatoms. The van der Waals surface area contributed by atoms with Crippen molar-refractivity contribution in [3.8, 4) is 5.75 Å². The molecule has 5 nitrogen and oxygen atoms in total. The van der Waals surface area contributed by atoms with Gasteiger partial charge in [-0.15, -0.1) is 0 Å². The molecule has 0 spiro atoms. The van der Waals surface area contributed by atoms with Crippen molar-refractivity contribution in [2.24, 2.45) is 0 Å². The summed E-state index contributed by atoms with van der Waals surface area (Å²) < 4.78 is 45.4. The zero-order valence-corrected chi connectivity index (χ0v) is 15.8. The average Bonchev–Trinajstić information content (AvgIpc) is 2.63. The van der Waals surface area contributed by atoms with Gasteiger partial charge in [-0.1, -0.05) is 23.7 Å². The fourth-order valence-corrected chi connectivity index (χ4v) is 3.01. The van der Waals surface area contributed by atoms with E-state index >= 15 is 0 Å². The summed E-state index contributed by atoms with van der Waals surface area (Å²) in [6.45, 7) is 1.01. The monoisotopic (exact) mass is 400 g/mol. The van der Waals surface area contributed by atoms with Crippen LogP contribution in [-0.2, 0) is 6.18 Å². The lowest BCUT2D eigenvalue weighted by Gasteiger charge is -2.33. The van der Waals surface area contributed by atoms with Crippen LogP contribution >= 0.6 is 11.6 Å². The summed E-state index contributed by atoms with van der Waals surface area (Å²) >= 11 is 6.11. The van der Waals surface area contributed by atoms with Gasteiger partial charge in [0.2, 0.25) is 5.95 Å². The summed E-state index contributed by atoms with van der Waals surface area (Å²) in [4.78, 5) is 11.3. The fraction of sp³-hybridized carbons (Fsp3) is 0.444. The minimum Gasteiger partial charge on any atom is -0.489 e. The lowest BCUT2D eigenvalue weighted by molar-refractivity contribution is -0.141. The minimum absolute atomic E-state index is 0.0553. The Morgan fingerprint density at radius 2 is 1.81 bits per heavy atom. The Labute approximate surface area is 160 Å². The molecular formula is C18H20ClF3N4O. The van der Waals surface area contributed by atoms with E-state index in [1.54, 1.807) is 31.1 Å². The second-order valence-corrected chi connectivity index (χ2v) is 6.95. The number of rotatable bonds is 4. The molecule has 0 bridgehead atoms. The number of nitrogens with zero attached hydrogens (tertiary/aromatic N) is 4. The number of aromatic nitrogens is 2. The van der Waals surface area contributed by atoms with Crippen molar-refractivity contribution in [3.05, 3.63) is 41.0 Å². The number of hydrogen-bond acceptors (Lipinski definition) is 5. The van der Waals surface area contributed by atoms with Gasteiger partial charge < -0.3 is 14.5 Å². The molecule has 27 heavy (non-hydrogen) atoms. The predicted molar refractivity (Wildman–Crippen MR) is 98.7 cm³/mol. The second-order valence-electron chi connectivity index (χ2n) is 6.54. The van der Waals surface area contributed by atoms with Crippen LogP contribution in [0.2, 0.25) is 5.02 Å². The molecule has 3 rings (SSSR count). The van der Waals surface area contributed by atoms with E-state index in [-0.39, 0.29) is 17.9 Å². The highest BCUT2D eigenvalue weighted by Gasteiger charge is 2.35. The van der Waals surface area contributed by atoms with Crippen LogP contribution < -0.4 is 14.5 Å². The summed E-state index contributed by atoms with van der Waals surface area (Å²) in [7, 11) is 3.30. The topological polar surface area (TPSA) is 41.5 Å². The van der Waals surface area contributed by atoms with Crippen molar-refractivity contribution < 1.29 is 17.9 Å². The highest BCUT2D eigenvalue weighted by molar-refractivity contribution is 6.32. The molecule has 0 unspecified atom stereocenters. The summed E-state index contributed by atoms with van der Waals surface area (Å²) in [6, 6.07) is 8.18. The molecule has 2 aromatic rings. The van der Waals surface area contributed by atoms with Gasteiger partial charge in [0.15, 0.2) is 5.69 Å². The van der Waals surface area contributed by atoms with Crippen LogP contribution in [0.5, 0.6) is 5.75 Å². The summed E-state index contributed by atoms with van der Waals surface area (Å²) in [6.07, 6.45) is -3.29. The van der Waals surface area contributed by atoms with Crippen molar-refractivity contribution in [2.45, 2.75) is 25.1 Å². The smallest absolute Gasteiger partial charge is 0.433 e. The number of hydrogen-bond donors (Lipinski definition) is 0. The number of para-hydroxylation sites is 1. The van der Waals surface area contributed by atoms with E-state index in [4.69, 9.17) is 16.3 Å². The molecule has 1 fully saturated rings. The molecule has 1 aliphatic heterocycles. The third-order valence-electron chi connectivity index (χ3n) is 4.30. The van der Waals surface area contributed by atoms with E-state index < -0.39 is 11.9 Å². The number of benzene rings is 1. The van der Waals surface area contributed by atoms with E-state index in [1.165, 1.54) is 4.90 Å². The Kier molecular flexibility index (Phi) is 5.64. The lowest BCUT2D eigenvalue weighted by Crippen LogP contribution is -2.39. The lowest BCUT2D eigenvalue weighted by atomic mass is 10.1. The standard InChI is InChI=1S/C18H20ClF3N4O/c1-25(2)16-11-15(18(20,21)22)23-17(24-16)26-9-7-12(8-10-26)27-14-6-4-3-5-13(14)19/h3-6,11-12H,7-10H2,1-2H3. The van der Waals surface area contributed by atoms with Crippen LogP contribution in [0, 0.1) is 0 Å². The summed E-state index contributed by atoms with van der Waals surface area (Å²) in [5.74, 6) is 0.925. The molecule has 1 aliphatic rings. The molecule has 0 aliphatic carbocycles. The number of anilines is 2. The molecular weight excluding hydrogens is 381 g/mol. The first kappa shape index (κ1) is 19.5. The Morgan fingerprint density at radius 1 is 1.15 bits per heavy atom. The summed E-state index contributed by atoms with van der Waals surface area (Å²) in [5.41, 5.74) is -0.939. The Hall–Kier alpha value is -2.22. The maximum Gasteiger partial charge on any atom is 0.433 e. The zero-order chi connectivity index (χ0) is 19.6. The van der Waals surface area contributed by atoms with Gasteiger partial charge in [-0.25, -0.2) is 4.98 Å². The van der Waals surface area contributed by atoms with Crippen molar-refractivity contribution in [3.63, 3.8) is 0 Å². The highest BCUT2D eigenvalue weighted by atomic mass is 35.5. The minimum atomic E-state index is -4.52. The molecule has 1 saturated heterocycles. The van der Waals surface area contributed by atoms with Gasteiger partial charge in [-0.3, -0.25) is 0 Å². The maximum absolute atomic E-state index is 13.2. The van der Waals surface area contributed by atoms with Crippen LogP contribution in [0.3, 0.4) is 0 Å². The molecule has 0 saturated carbocycles. The first-order valence-electron chi connectivity index (χ1n) is 8.54. The molecule has 1 aromatic carbocycles. The van der Waals surface area contributed by atoms with Gasteiger partial charge in [0.25, 0.3) is 0 Å². The van der Waals surface area contributed by atoms with Crippen LogP contribution in [0.25, 0.3) is 0 Å². The molecule has 1 aromatic heterocycles. The SMILES string of the molecule is CN(C)c1cc(C(F)(F)F)nc(N2CCC(Oc3ccccc3Cl)CC2)n1. The van der Waals surface area contributed by atoms with E-state index in [0.717, 1.165) is 6.07 Å². The fourth-order valence-electron chi connectivity index (χ4n) is 2.83. The van der Waals surface area contributed by atoms with Gasteiger partial charge in [-0.2, -0.15) is 18.2 Å². The van der Waals surface area contributed by atoms with E-state index in [1.807, 2.05) is 12.1 Å². The van der Waals surface area contributed by atoms with Crippen LogP contribution in [0.15, 0.2) is 30.3 Å². The number of halogens is 4. The zero-order valence-electron chi connectivity index (χ0n) is 15.0. The first-order chi connectivity index (χ1) is 12.7. The highest BCUT2D eigenvalue weighted by Crippen LogP contribution is 2.32. The van der Waals surface area contributed by atoms with E-state index in [2.05, 4.69) is 9.97 Å². The second kappa shape index (κ2) is 7.80. The van der Waals surface area contributed by atoms with Gasteiger partial charge in [0.05, 0.1) is 5.02 Å². The quantitative estimate of drug-likeness (QED) is 0.767. The Balaban J connectivity index is 1.72. The van der Waals surface area contributed by atoms with Gasteiger partial charge in [0.1, 0.15) is 17.7 Å². The van der Waals surface area contributed by atoms with Crippen LogP contribution in [0.1, 0.15) is 18.5 Å². The van der Waals surface area contributed by atoms with Gasteiger partial charge in [0, 0.05) is 46.1 Å². The number of piperidine rings is 1. The normalized spacial score (nSPS) is 15.7. The van der Waals surface area contributed by atoms with Crippen molar-refractivity contribution in [1.82, 2.24) is 9.97 Å². The molecule has 0 amide bonds. The molecule has 0 N–H and O–H groups in total. The third-order valence-corrected chi connectivity index (χ3v) is 4.62. The average molecular weight is 401 g/mol. The van der Waals surface area contributed by atoms with Gasteiger partial charge >= 0.3 is 6.18 Å². The van der Waals surface area contributed by atoms with Gasteiger partial charge in [-0.05, 0) is 12.1 Å². The molecule has 2 heterocycles. The molecule has 0 radical (unpaired) electrons. The Morgan fingerprint density at radius 3 is 2.41 bits per heavy atom. The van der Waals surface area contributed by atoms with Crippen LogP contribution in [-0.4, -0.2) is 43.3 Å². The van der Waals surface area contributed by atoms with E-state index in [0.29, 0.717) is 36.7 Å². The summed E-state index contributed by atoms with van der Waals surface area (Å²) in [5, 5.41) is 0.539. The third kappa shape index (κ3) is 4.74. The largest absolute Gasteiger partial charge is 0.489 e. The molecule has 146 valence electrons. The van der Waals surface area contributed by atoms with Crippen molar-refractivity contribution in [2.75, 3.05) is 37.0 Å². The molecule has 0 atom stereocenters. The van der Waals surface area contributed by atoms with Crippen LogP contribution in [0.4, 0.5) is 24.9 Å². The van der Waals surface area contributed by atoms with Crippen molar-refractivity contribution in [1.29, 1.82) is 0 Å². The first-order valence-corrected chi connectivity index (χ1v) is 8.91. The number of alkyl halides is 3. The van der Waals surface area contributed by atoms with Crippen molar-refractivity contribution >= 4 is 23.4 Å². The predicted octanol–water partition coefficient (Wildman–Crippen LogP) is 4.26. The maximum atomic E-state index is 13.2. The Bertz CT molecular complexity index is 792. The number of ether oxygens (including phenoxy) is 1.